The standard InChI is InChI=1S/C14H13ClFNO/c1-18-13-5-3-2-4-11(13)14(17)10-7-6-9(16)8-12(10)15/h2-8,14H,17H2,1H3. The summed E-state index contributed by atoms with van der Waals surface area (Å²) >= 11 is 6.01. The molecule has 0 aliphatic rings. The molecule has 2 aromatic carbocycles. The van der Waals surface area contributed by atoms with E-state index in [1.807, 2.05) is 24.3 Å². The van der Waals surface area contributed by atoms with Crippen molar-refractivity contribution in [2.24, 2.45) is 5.73 Å². The lowest BCUT2D eigenvalue weighted by molar-refractivity contribution is 0.408. The van der Waals surface area contributed by atoms with Crippen LogP contribution in [0.3, 0.4) is 0 Å². The lowest BCUT2D eigenvalue weighted by atomic mass is 9.98. The van der Waals surface area contributed by atoms with Gasteiger partial charge in [-0.05, 0) is 23.8 Å². The van der Waals surface area contributed by atoms with E-state index in [2.05, 4.69) is 0 Å². The Morgan fingerprint density at radius 2 is 1.89 bits per heavy atom. The van der Waals surface area contributed by atoms with Crippen LogP contribution < -0.4 is 10.5 Å². The van der Waals surface area contributed by atoms with Gasteiger partial charge in [-0.25, -0.2) is 4.39 Å². The molecule has 0 bridgehead atoms. The maximum Gasteiger partial charge on any atom is 0.124 e. The first-order valence-electron chi connectivity index (χ1n) is 5.47. The third kappa shape index (κ3) is 2.47. The molecule has 2 aromatic rings. The van der Waals surface area contributed by atoms with Gasteiger partial charge in [0.1, 0.15) is 11.6 Å². The molecule has 0 saturated carbocycles. The number of hydrogen-bond donors (Lipinski definition) is 1. The molecule has 18 heavy (non-hydrogen) atoms. The van der Waals surface area contributed by atoms with Crippen LogP contribution in [0.5, 0.6) is 5.75 Å². The molecule has 2 N–H and O–H groups in total. The van der Waals surface area contributed by atoms with E-state index in [-0.39, 0.29) is 5.82 Å². The summed E-state index contributed by atoms with van der Waals surface area (Å²) in [6.07, 6.45) is 0. The number of nitrogens with two attached hydrogens (primary N) is 1. The molecule has 0 saturated heterocycles. The summed E-state index contributed by atoms with van der Waals surface area (Å²) in [6.45, 7) is 0. The molecule has 0 heterocycles. The molecule has 94 valence electrons. The van der Waals surface area contributed by atoms with Crippen LogP contribution in [0.2, 0.25) is 5.02 Å². The van der Waals surface area contributed by atoms with Crippen LogP contribution >= 0.6 is 11.6 Å². The molecule has 0 radical (unpaired) electrons. The van der Waals surface area contributed by atoms with Gasteiger partial charge in [0.2, 0.25) is 0 Å². The molecule has 0 fully saturated rings. The van der Waals surface area contributed by atoms with Gasteiger partial charge in [0.15, 0.2) is 0 Å². The zero-order valence-electron chi connectivity index (χ0n) is 9.86. The Balaban J connectivity index is 2.44. The van der Waals surface area contributed by atoms with Crippen LogP contribution in [0.15, 0.2) is 42.5 Å². The normalized spacial score (nSPS) is 12.2. The summed E-state index contributed by atoms with van der Waals surface area (Å²) in [4.78, 5) is 0. The quantitative estimate of drug-likeness (QED) is 0.921. The van der Waals surface area contributed by atoms with Gasteiger partial charge in [0.05, 0.1) is 13.2 Å². The second kappa shape index (κ2) is 5.38. The molecular weight excluding hydrogens is 253 g/mol. The molecule has 0 aromatic heterocycles. The minimum Gasteiger partial charge on any atom is -0.496 e. The zero-order valence-corrected chi connectivity index (χ0v) is 10.6. The molecule has 0 spiro atoms. The molecule has 1 atom stereocenters. The lowest BCUT2D eigenvalue weighted by Crippen LogP contribution is -2.13. The topological polar surface area (TPSA) is 35.2 Å². The zero-order chi connectivity index (χ0) is 13.1. The van der Waals surface area contributed by atoms with Crippen LogP contribution in [0.4, 0.5) is 4.39 Å². The van der Waals surface area contributed by atoms with Crippen LogP contribution in [-0.4, -0.2) is 7.11 Å². The van der Waals surface area contributed by atoms with Gasteiger partial charge in [0.25, 0.3) is 0 Å². The number of para-hydroxylation sites is 1. The van der Waals surface area contributed by atoms with Crippen LogP contribution in [0.1, 0.15) is 17.2 Å². The average molecular weight is 266 g/mol. The van der Waals surface area contributed by atoms with Gasteiger partial charge in [-0.2, -0.15) is 0 Å². The molecular formula is C14H13ClFNO. The first kappa shape index (κ1) is 12.9. The minimum absolute atomic E-state index is 0.313. The highest BCUT2D eigenvalue weighted by molar-refractivity contribution is 6.31. The van der Waals surface area contributed by atoms with E-state index < -0.39 is 6.04 Å². The summed E-state index contributed by atoms with van der Waals surface area (Å²) in [7, 11) is 1.58. The molecule has 0 amide bonds. The fraction of sp³-hybridized carbons (Fsp3) is 0.143. The summed E-state index contributed by atoms with van der Waals surface area (Å²) in [5.41, 5.74) is 7.64. The van der Waals surface area contributed by atoms with Crippen molar-refractivity contribution in [2.45, 2.75) is 6.04 Å². The van der Waals surface area contributed by atoms with Crippen molar-refractivity contribution in [2.75, 3.05) is 7.11 Å². The van der Waals surface area contributed by atoms with E-state index in [1.54, 1.807) is 13.2 Å². The predicted octanol–water partition coefficient (Wildman–Crippen LogP) is 3.54. The predicted molar refractivity (Wildman–Crippen MR) is 70.4 cm³/mol. The smallest absolute Gasteiger partial charge is 0.124 e. The first-order valence-corrected chi connectivity index (χ1v) is 5.84. The van der Waals surface area contributed by atoms with E-state index in [4.69, 9.17) is 22.1 Å². The van der Waals surface area contributed by atoms with Crippen LogP contribution in [-0.2, 0) is 0 Å². The van der Waals surface area contributed by atoms with Crippen molar-refractivity contribution in [3.63, 3.8) is 0 Å². The average Bonchev–Trinajstić information content (AvgIpc) is 2.38. The van der Waals surface area contributed by atoms with Crippen molar-refractivity contribution in [1.82, 2.24) is 0 Å². The van der Waals surface area contributed by atoms with Gasteiger partial charge < -0.3 is 10.5 Å². The van der Waals surface area contributed by atoms with Crippen molar-refractivity contribution in [1.29, 1.82) is 0 Å². The van der Waals surface area contributed by atoms with Gasteiger partial charge in [-0.3, -0.25) is 0 Å². The summed E-state index contributed by atoms with van der Waals surface area (Å²) in [5, 5.41) is 0.313. The maximum absolute atomic E-state index is 13.0. The molecule has 4 heteroatoms. The molecule has 0 aliphatic carbocycles. The van der Waals surface area contributed by atoms with E-state index in [1.165, 1.54) is 12.1 Å². The summed E-state index contributed by atoms with van der Waals surface area (Å²) in [5.74, 6) is 0.307. The van der Waals surface area contributed by atoms with E-state index in [0.717, 1.165) is 5.56 Å². The number of ether oxygens (including phenoxy) is 1. The van der Waals surface area contributed by atoms with Crippen molar-refractivity contribution < 1.29 is 9.13 Å². The van der Waals surface area contributed by atoms with Gasteiger partial charge >= 0.3 is 0 Å². The number of benzene rings is 2. The number of rotatable bonds is 3. The summed E-state index contributed by atoms with van der Waals surface area (Å²) < 4.78 is 18.3. The number of methoxy groups -OCH3 is 1. The van der Waals surface area contributed by atoms with E-state index >= 15 is 0 Å². The lowest BCUT2D eigenvalue weighted by Gasteiger charge is -2.17. The third-order valence-electron chi connectivity index (χ3n) is 2.77. The molecule has 2 nitrogen and oxygen atoms in total. The second-order valence-electron chi connectivity index (χ2n) is 3.89. The van der Waals surface area contributed by atoms with Crippen LogP contribution in [0, 0.1) is 5.82 Å². The van der Waals surface area contributed by atoms with Crippen LogP contribution in [0.25, 0.3) is 0 Å². The fourth-order valence-electron chi connectivity index (χ4n) is 1.84. The number of hydrogen-bond acceptors (Lipinski definition) is 2. The largest absolute Gasteiger partial charge is 0.496 e. The Morgan fingerprint density at radius 1 is 1.17 bits per heavy atom. The highest BCUT2D eigenvalue weighted by atomic mass is 35.5. The monoisotopic (exact) mass is 265 g/mol. The van der Waals surface area contributed by atoms with E-state index in [9.17, 15) is 4.39 Å². The Morgan fingerprint density at radius 3 is 2.56 bits per heavy atom. The van der Waals surface area contributed by atoms with Crippen molar-refractivity contribution in [3.8, 4) is 5.75 Å². The Labute approximate surface area is 110 Å². The maximum atomic E-state index is 13.0. The minimum atomic E-state index is -0.450. The molecule has 0 aliphatic heterocycles. The fourth-order valence-corrected chi connectivity index (χ4v) is 2.13. The summed E-state index contributed by atoms with van der Waals surface area (Å²) in [6, 6.07) is 11.2. The van der Waals surface area contributed by atoms with Gasteiger partial charge in [-0.15, -0.1) is 0 Å². The van der Waals surface area contributed by atoms with Gasteiger partial charge in [-0.1, -0.05) is 35.9 Å². The Kier molecular flexibility index (Phi) is 3.84. The Bertz CT molecular complexity index is 559. The van der Waals surface area contributed by atoms with Crippen molar-refractivity contribution >= 4 is 11.6 Å². The Hall–Kier alpha value is -1.58. The first-order chi connectivity index (χ1) is 8.63. The molecule has 1 unspecified atom stereocenters. The third-order valence-corrected chi connectivity index (χ3v) is 3.10. The van der Waals surface area contributed by atoms with E-state index in [0.29, 0.717) is 16.3 Å². The SMILES string of the molecule is COc1ccccc1C(N)c1ccc(F)cc1Cl. The molecule has 2 rings (SSSR count). The van der Waals surface area contributed by atoms with Crippen molar-refractivity contribution in [3.05, 3.63) is 64.4 Å². The number of halogens is 2. The highest BCUT2D eigenvalue weighted by Crippen LogP contribution is 2.31. The van der Waals surface area contributed by atoms with Gasteiger partial charge in [0, 0.05) is 10.6 Å². The highest BCUT2D eigenvalue weighted by Gasteiger charge is 2.16. The second-order valence-corrected chi connectivity index (χ2v) is 4.29.